The average molecular weight is 566 g/mol. The molecule has 0 spiro atoms. The number of hydroxylamine groups is 2. The minimum Gasteiger partial charge on any atom is -0.475 e. The van der Waals surface area contributed by atoms with Crippen LogP contribution in [0.15, 0.2) is 12.1 Å². The number of rotatable bonds is 9. The molecule has 2 aliphatic heterocycles. The lowest BCUT2D eigenvalue weighted by Gasteiger charge is -2.42. The van der Waals surface area contributed by atoms with E-state index in [0.29, 0.717) is 56.1 Å². The number of piperidine rings is 1. The van der Waals surface area contributed by atoms with Gasteiger partial charge in [-0.25, -0.2) is 4.79 Å². The fraction of sp³-hybridized carbons (Fsp3) is 0.690. The SMILES string of the molecule is CCC1(C)Oc2cc(Cl)c(C(=O)N(C(C)C)C3CCCN(OC(=O)C(C)(C)C)C3)cc2N(CCCOC)C1=O. The number of methoxy groups -OCH3 is 1. The molecular weight excluding hydrogens is 522 g/mol. The molecule has 1 saturated heterocycles. The highest BCUT2D eigenvalue weighted by Crippen LogP contribution is 2.42. The van der Waals surface area contributed by atoms with E-state index < -0.39 is 11.0 Å². The Kier molecular flexibility index (Phi) is 9.94. The summed E-state index contributed by atoms with van der Waals surface area (Å²) in [6.45, 7) is 15.0. The molecule has 1 aromatic rings. The van der Waals surface area contributed by atoms with Crippen molar-refractivity contribution in [2.75, 3.05) is 38.3 Å². The van der Waals surface area contributed by atoms with Crippen LogP contribution in [0.5, 0.6) is 5.75 Å². The zero-order valence-corrected chi connectivity index (χ0v) is 25.4. The third kappa shape index (κ3) is 6.87. The summed E-state index contributed by atoms with van der Waals surface area (Å²) >= 11 is 6.71. The number of anilines is 1. The fourth-order valence-electron chi connectivity index (χ4n) is 4.94. The van der Waals surface area contributed by atoms with E-state index in [1.54, 1.807) is 36.1 Å². The normalized spacial score (nSPS) is 21.9. The van der Waals surface area contributed by atoms with Crippen molar-refractivity contribution in [2.45, 2.75) is 91.8 Å². The van der Waals surface area contributed by atoms with Gasteiger partial charge in [0, 0.05) is 45.0 Å². The third-order valence-electron chi connectivity index (χ3n) is 7.38. The number of benzene rings is 1. The molecule has 3 rings (SSSR count). The van der Waals surface area contributed by atoms with E-state index >= 15 is 0 Å². The summed E-state index contributed by atoms with van der Waals surface area (Å²) in [5.74, 6) is -0.217. The van der Waals surface area contributed by atoms with E-state index in [9.17, 15) is 14.4 Å². The molecule has 0 aliphatic carbocycles. The van der Waals surface area contributed by atoms with Crippen LogP contribution in [0.2, 0.25) is 5.02 Å². The molecule has 1 aromatic carbocycles. The number of carbonyl (C=O) groups excluding carboxylic acids is 3. The first-order valence-corrected chi connectivity index (χ1v) is 14.2. The fourth-order valence-corrected chi connectivity index (χ4v) is 5.17. The van der Waals surface area contributed by atoms with Crippen LogP contribution in [-0.2, 0) is 19.2 Å². The lowest BCUT2D eigenvalue weighted by molar-refractivity contribution is -0.208. The maximum absolute atomic E-state index is 14.1. The molecular formula is C29H44ClN3O6. The van der Waals surface area contributed by atoms with Crippen molar-refractivity contribution < 1.29 is 28.7 Å². The summed E-state index contributed by atoms with van der Waals surface area (Å²) in [5.41, 5.74) is -0.807. The van der Waals surface area contributed by atoms with Crippen molar-refractivity contribution in [3.8, 4) is 5.75 Å². The van der Waals surface area contributed by atoms with Gasteiger partial charge in [-0.3, -0.25) is 9.59 Å². The van der Waals surface area contributed by atoms with Crippen LogP contribution in [-0.4, -0.2) is 78.8 Å². The standard InChI is InChI=1S/C29H44ClN3O6/c1-9-29(7)26(35)32(14-11-15-37-8)23-16-21(22(30)17-24(23)38-29)25(34)33(19(2)3)20-12-10-13-31(18-20)39-27(36)28(4,5)6/h16-17,19-20H,9-15,18H2,1-8H3. The van der Waals surface area contributed by atoms with Gasteiger partial charge in [0.15, 0.2) is 5.60 Å². The van der Waals surface area contributed by atoms with Gasteiger partial charge < -0.3 is 24.1 Å². The molecule has 9 nitrogen and oxygen atoms in total. The quantitative estimate of drug-likeness (QED) is 0.385. The van der Waals surface area contributed by atoms with Crippen molar-refractivity contribution >= 4 is 35.1 Å². The molecule has 218 valence electrons. The molecule has 10 heteroatoms. The number of hydrogen-bond acceptors (Lipinski definition) is 7. The van der Waals surface area contributed by atoms with Gasteiger partial charge in [-0.05, 0) is 73.3 Å². The average Bonchev–Trinajstić information content (AvgIpc) is 2.85. The summed E-state index contributed by atoms with van der Waals surface area (Å²) in [6.07, 6.45) is 2.68. The first-order valence-electron chi connectivity index (χ1n) is 13.9. The highest BCUT2D eigenvalue weighted by atomic mass is 35.5. The maximum atomic E-state index is 14.1. The van der Waals surface area contributed by atoms with E-state index in [1.807, 2.05) is 46.4 Å². The highest BCUT2D eigenvalue weighted by Gasteiger charge is 2.44. The van der Waals surface area contributed by atoms with Gasteiger partial charge in [0.05, 0.1) is 28.2 Å². The number of nitrogens with zero attached hydrogens (tertiary/aromatic N) is 3. The van der Waals surface area contributed by atoms with Crippen LogP contribution in [0.4, 0.5) is 5.69 Å². The van der Waals surface area contributed by atoms with Crippen molar-refractivity contribution in [3.63, 3.8) is 0 Å². The predicted octanol–water partition coefficient (Wildman–Crippen LogP) is 5.09. The van der Waals surface area contributed by atoms with Crippen molar-refractivity contribution in [1.82, 2.24) is 9.96 Å². The van der Waals surface area contributed by atoms with Gasteiger partial charge in [0.1, 0.15) is 5.75 Å². The highest BCUT2D eigenvalue weighted by molar-refractivity contribution is 6.34. The first-order chi connectivity index (χ1) is 18.2. The molecule has 2 unspecified atom stereocenters. The van der Waals surface area contributed by atoms with Gasteiger partial charge in [-0.15, -0.1) is 5.06 Å². The number of hydrogen-bond donors (Lipinski definition) is 0. The number of halogens is 1. The van der Waals surface area contributed by atoms with E-state index in [4.69, 9.17) is 25.9 Å². The van der Waals surface area contributed by atoms with E-state index in [1.165, 1.54) is 0 Å². The second-order valence-electron chi connectivity index (χ2n) is 11.9. The van der Waals surface area contributed by atoms with Crippen LogP contribution in [0.3, 0.4) is 0 Å². The maximum Gasteiger partial charge on any atom is 0.330 e. The number of fused-ring (bicyclic) bond motifs is 1. The van der Waals surface area contributed by atoms with Crippen molar-refractivity contribution in [2.24, 2.45) is 5.41 Å². The van der Waals surface area contributed by atoms with Crippen LogP contribution in [0.1, 0.15) is 84.5 Å². The van der Waals surface area contributed by atoms with Crippen LogP contribution in [0, 0.1) is 5.41 Å². The number of amides is 2. The van der Waals surface area contributed by atoms with Gasteiger partial charge >= 0.3 is 5.97 Å². The monoisotopic (exact) mass is 565 g/mol. The van der Waals surface area contributed by atoms with Crippen LogP contribution in [0.25, 0.3) is 0 Å². The Morgan fingerprint density at radius 2 is 1.97 bits per heavy atom. The zero-order chi connectivity index (χ0) is 29.1. The summed E-state index contributed by atoms with van der Waals surface area (Å²) in [4.78, 5) is 49.2. The Labute approximate surface area is 237 Å². The predicted molar refractivity (Wildman–Crippen MR) is 151 cm³/mol. The third-order valence-corrected chi connectivity index (χ3v) is 7.69. The zero-order valence-electron chi connectivity index (χ0n) is 24.6. The lowest BCUT2D eigenvalue weighted by Crippen LogP contribution is -2.55. The number of carbonyl (C=O) groups is 3. The topological polar surface area (TPSA) is 88.6 Å². The molecule has 0 N–H and O–H groups in total. The summed E-state index contributed by atoms with van der Waals surface area (Å²) in [7, 11) is 1.62. The Morgan fingerprint density at radius 3 is 2.56 bits per heavy atom. The molecule has 2 amide bonds. The second kappa shape index (κ2) is 12.4. The van der Waals surface area contributed by atoms with Crippen LogP contribution < -0.4 is 9.64 Å². The second-order valence-corrected chi connectivity index (χ2v) is 12.3. The molecule has 2 aliphatic rings. The molecule has 2 heterocycles. The summed E-state index contributed by atoms with van der Waals surface area (Å²) in [5, 5.41) is 1.93. The van der Waals surface area contributed by atoms with E-state index in [0.717, 1.165) is 12.8 Å². The summed E-state index contributed by atoms with van der Waals surface area (Å²) in [6, 6.07) is 3.01. The van der Waals surface area contributed by atoms with Gasteiger partial charge in [0.25, 0.3) is 11.8 Å². The molecule has 0 radical (unpaired) electrons. The Hall–Kier alpha value is -2.36. The molecule has 0 bridgehead atoms. The summed E-state index contributed by atoms with van der Waals surface area (Å²) < 4.78 is 11.4. The van der Waals surface area contributed by atoms with Crippen molar-refractivity contribution in [3.05, 3.63) is 22.7 Å². The molecule has 1 fully saturated rings. The van der Waals surface area contributed by atoms with Gasteiger partial charge in [-0.2, -0.15) is 0 Å². The largest absolute Gasteiger partial charge is 0.475 e. The Balaban J connectivity index is 1.93. The molecule has 39 heavy (non-hydrogen) atoms. The minimum absolute atomic E-state index is 0.132. The van der Waals surface area contributed by atoms with Gasteiger partial charge in [-0.1, -0.05) is 18.5 Å². The first kappa shape index (κ1) is 31.2. The van der Waals surface area contributed by atoms with Gasteiger partial charge in [0.2, 0.25) is 0 Å². The Bertz CT molecular complexity index is 1070. The van der Waals surface area contributed by atoms with Crippen LogP contribution >= 0.6 is 11.6 Å². The number of ether oxygens (including phenoxy) is 2. The van der Waals surface area contributed by atoms with E-state index in [2.05, 4.69) is 0 Å². The molecule has 2 atom stereocenters. The molecule has 0 saturated carbocycles. The Morgan fingerprint density at radius 1 is 1.28 bits per heavy atom. The lowest BCUT2D eigenvalue weighted by atomic mass is 9.96. The minimum atomic E-state index is -1.02. The van der Waals surface area contributed by atoms with Crippen molar-refractivity contribution in [1.29, 1.82) is 0 Å². The smallest absolute Gasteiger partial charge is 0.330 e. The van der Waals surface area contributed by atoms with E-state index in [-0.39, 0.29) is 34.9 Å². The molecule has 0 aromatic heterocycles.